The van der Waals surface area contributed by atoms with E-state index in [2.05, 4.69) is 20.8 Å². The molecule has 2 aliphatic rings. The first-order chi connectivity index (χ1) is 8.25. The van der Waals surface area contributed by atoms with Crippen LogP contribution in [0.5, 0.6) is 0 Å². The van der Waals surface area contributed by atoms with Gasteiger partial charge in [0.2, 0.25) is 0 Å². The van der Waals surface area contributed by atoms with Gasteiger partial charge in [-0.15, -0.1) is 11.3 Å². The predicted octanol–water partition coefficient (Wildman–Crippen LogP) is 2.41. The molecule has 2 fully saturated rings. The number of morpholine rings is 1. The first-order valence-corrected chi connectivity index (χ1v) is 7.69. The van der Waals surface area contributed by atoms with Gasteiger partial charge in [-0.1, -0.05) is 0 Å². The minimum atomic E-state index is -0.508. The van der Waals surface area contributed by atoms with Gasteiger partial charge in [-0.25, -0.2) is 0 Å². The average Bonchev–Trinajstić information content (AvgIpc) is 2.95. The minimum absolute atomic E-state index is 0.0840. The number of halogens is 1. The molecule has 0 aromatic carbocycles. The average molecular weight is 318 g/mol. The lowest BCUT2D eigenvalue weighted by Gasteiger charge is -2.37. The molecule has 0 saturated carbocycles. The second kappa shape index (κ2) is 4.97. The number of aliphatic hydroxyl groups excluding tert-OH is 1. The highest BCUT2D eigenvalue weighted by Gasteiger charge is 2.36. The smallest absolute Gasteiger partial charge is 0.117 e. The van der Waals surface area contributed by atoms with Crippen LogP contribution in [0.1, 0.15) is 23.8 Å². The largest absolute Gasteiger partial charge is 0.385 e. The minimum Gasteiger partial charge on any atom is -0.385 e. The fourth-order valence-corrected chi connectivity index (χ4v) is 4.36. The monoisotopic (exact) mass is 317 g/mol. The maximum Gasteiger partial charge on any atom is 0.117 e. The topological polar surface area (TPSA) is 32.7 Å². The van der Waals surface area contributed by atoms with E-state index in [-0.39, 0.29) is 6.10 Å². The van der Waals surface area contributed by atoms with Gasteiger partial charge in [-0.3, -0.25) is 4.90 Å². The molecule has 2 aliphatic heterocycles. The lowest BCUT2D eigenvalue weighted by atomic mass is 10.1. The Balaban J connectivity index is 1.71. The van der Waals surface area contributed by atoms with Crippen LogP contribution in [0.2, 0.25) is 0 Å². The third-order valence-electron chi connectivity index (χ3n) is 3.68. The molecule has 0 radical (unpaired) electrons. The summed E-state index contributed by atoms with van der Waals surface area (Å²) in [5, 5.41) is 12.4. The molecule has 3 atom stereocenters. The Hall–Kier alpha value is 0.0600. The summed E-state index contributed by atoms with van der Waals surface area (Å²) in [4.78, 5) is 3.44. The molecule has 3 nitrogen and oxygen atoms in total. The van der Waals surface area contributed by atoms with Gasteiger partial charge in [0.15, 0.2) is 0 Å². The molecule has 0 aliphatic carbocycles. The number of hydrogen-bond donors (Lipinski definition) is 1. The summed E-state index contributed by atoms with van der Waals surface area (Å²) < 4.78 is 6.81. The molecule has 3 heterocycles. The van der Waals surface area contributed by atoms with Gasteiger partial charge in [0.05, 0.1) is 6.61 Å². The molecule has 3 rings (SSSR count). The van der Waals surface area contributed by atoms with Crippen molar-refractivity contribution in [3.63, 3.8) is 0 Å². The molecule has 1 aromatic heterocycles. The first kappa shape index (κ1) is 12.1. The number of aliphatic hydroxyl groups is 1. The van der Waals surface area contributed by atoms with Gasteiger partial charge in [-0.05, 0) is 46.8 Å². The van der Waals surface area contributed by atoms with Crippen molar-refractivity contribution in [2.45, 2.75) is 31.1 Å². The zero-order valence-corrected chi connectivity index (χ0v) is 11.9. The molecule has 0 bridgehead atoms. The molecule has 1 N–H and O–H groups in total. The SMILES string of the molecule is OC(c1sccc1Br)C1CN2CCCC2CO1. The maximum absolute atomic E-state index is 10.4. The Morgan fingerprint density at radius 3 is 3.24 bits per heavy atom. The van der Waals surface area contributed by atoms with E-state index in [1.165, 1.54) is 12.8 Å². The van der Waals surface area contributed by atoms with Crippen molar-refractivity contribution in [1.29, 1.82) is 0 Å². The lowest BCUT2D eigenvalue weighted by molar-refractivity contribution is -0.103. The molecule has 5 heteroatoms. The number of thiophene rings is 1. The summed E-state index contributed by atoms with van der Waals surface area (Å²) in [6.45, 7) is 2.78. The zero-order valence-electron chi connectivity index (χ0n) is 9.51. The fourth-order valence-electron chi connectivity index (χ4n) is 2.72. The van der Waals surface area contributed by atoms with Crippen LogP contribution in [0, 0.1) is 0 Å². The van der Waals surface area contributed by atoms with E-state index in [9.17, 15) is 5.11 Å². The Labute approximate surface area is 114 Å². The Kier molecular flexibility index (Phi) is 3.54. The lowest BCUT2D eigenvalue weighted by Crippen LogP contribution is -2.48. The molecular weight excluding hydrogens is 302 g/mol. The summed E-state index contributed by atoms with van der Waals surface area (Å²) in [6.07, 6.45) is 1.91. The van der Waals surface area contributed by atoms with E-state index in [4.69, 9.17) is 4.74 Å². The highest BCUT2D eigenvalue weighted by atomic mass is 79.9. The normalized spacial score (nSPS) is 31.4. The summed E-state index contributed by atoms with van der Waals surface area (Å²) in [5.74, 6) is 0. The molecule has 0 amide bonds. The first-order valence-electron chi connectivity index (χ1n) is 6.02. The molecule has 2 saturated heterocycles. The molecule has 3 unspecified atom stereocenters. The molecule has 94 valence electrons. The molecule has 0 spiro atoms. The third kappa shape index (κ3) is 2.31. The second-order valence-electron chi connectivity index (χ2n) is 4.74. The van der Waals surface area contributed by atoms with Crippen molar-refractivity contribution in [2.24, 2.45) is 0 Å². The van der Waals surface area contributed by atoms with E-state index in [1.807, 2.05) is 11.4 Å². The standard InChI is InChI=1S/C12H16BrNO2S/c13-9-3-5-17-12(9)11(15)10-6-14-4-1-2-8(14)7-16-10/h3,5,8,10-11,15H,1-2,4,6-7H2. The summed E-state index contributed by atoms with van der Waals surface area (Å²) in [7, 11) is 0. The highest BCUT2D eigenvalue weighted by Crippen LogP contribution is 2.34. The summed E-state index contributed by atoms with van der Waals surface area (Å²) in [5.41, 5.74) is 0. The summed E-state index contributed by atoms with van der Waals surface area (Å²) in [6, 6.07) is 2.57. The van der Waals surface area contributed by atoms with Crippen molar-refractivity contribution in [3.8, 4) is 0 Å². The van der Waals surface area contributed by atoms with Gasteiger partial charge in [-0.2, -0.15) is 0 Å². The van der Waals surface area contributed by atoms with Crippen molar-refractivity contribution < 1.29 is 9.84 Å². The van der Waals surface area contributed by atoms with Crippen LogP contribution in [-0.2, 0) is 4.74 Å². The Morgan fingerprint density at radius 1 is 1.59 bits per heavy atom. The maximum atomic E-state index is 10.4. The Morgan fingerprint density at radius 2 is 2.47 bits per heavy atom. The number of nitrogens with zero attached hydrogens (tertiary/aromatic N) is 1. The zero-order chi connectivity index (χ0) is 11.8. The van der Waals surface area contributed by atoms with E-state index >= 15 is 0 Å². The van der Waals surface area contributed by atoms with Crippen LogP contribution in [0.3, 0.4) is 0 Å². The van der Waals surface area contributed by atoms with Gasteiger partial charge < -0.3 is 9.84 Å². The van der Waals surface area contributed by atoms with E-state index in [0.29, 0.717) is 6.04 Å². The predicted molar refractivity (Wildman–Crippen MR) is 71.3 cm³/mol. The van der Waals surface area contributed by atoms with Crippen molar-refractivity contribution >= 4 is 27.3 Å². The van der Waals surface area contributed by atoms with Gasteiger partial charge in [0.1, 0.15) is 12.2 Å². The van der Waals surface area contributed by atoms with E-state index < -0.39 is 6.10 Å². The molecule has 1 aromatic rings. The highest BCUT2D eigenvalue weighted by molar-refractivity contribution is 9.10. The number of rotatable bonds is 2. The van der Waals surface area contributed by atoms with Crippen LogP contribution >= 0.6 is 27.3 Å². The van der Waals surface area contributed by atoms with E-state index in [0.717, 1.165) is 29.0 Å². The fraction of sp³-hybridized carbons (Fsp3) is 0.667. The van der Waals surface area contributed by atoms with Crippen molar-refractivity contribution in [3.05, 3.63) is 20.8 Å². The third-order valence-corrected chi connectivity index (χ3v) is 5.62. The second-order valence-corrected chi connectivity index (χ2v) is 6.54. The quantitative estimate of drug-likeness (QED) is 0.909. The van der Waals surface area contributed by atoms with Gasteiger partial charge in [0, 0.05) is 21.9 Å². The number of fused-ring (bicyclic) bond motifs is 1. The van der Waals surface area contributed by atoms with Crippen LogP contribution in [-0.4, -0.2) is 41.8 Å². The van der Waals surface area contributed by atoms with Crippen LogP contribution in [0.25, 0.3) is 0 Å². The number of ether oxygens (including phenoxy) is 1. The Bertz CT molecular complexity index is 398. The van der Waals surface area contributed by atoms with Crippen LogP contribution < -0.4 is 0 Å². The molecular formula is C12H16BrNO2S. The summed E-state index contributed by atoms with van der Waals surface area (Å²) >= 11 is 5.05. The molecule has 17 heavy (non-hydrogen) atoms. The van der Waals surface area contributed by atoms with Gasteiger partial charge in [0.25, 0.3) is 0 Å². The number of hydrogen-bond acceptors (Lipinski definition) is 4. The van der Waals surface area contributed by atoms with Gasteiger partial charge >= 0.3 is 0 Å². The van der Waals surface area contributed by atoms with Crippen LogP contribution in [0.15, 0.2) is 15.9 Å². The van der Waals surface area contributed by atoms with Crippen molar-refractivity contribution in [1.82, 2.24) is 4.90 Å². The van der Waals surface area contributed by atoms with Crippen molar-refractivity contribution in [2.75, 3.05) is 19.7 Å². The van der Waals surface area contributed by atoms with Crippen LogP contribution in [0.4, 0.5) is 0 Å². The van der Waals surface area contributed by atoms with E-state index in [1.54, 1.807) is 11.3 Å².